The summed E-state index contributed by atoms with van der Waals surface area (Å²) in [7, 11) is 1.71. The summed E-state index contributed by atoms with van der Waals surface area (Å²) < 4.78 is 0. The second kappa shape index (κ2) is 6.35. The molecule has 0 aliphatic carbocycles. The Bertz CT molecular complexity index is 294. The Hall–Kier alpha value is -1.16. The summed E-state index contributed by atoms with van der Waals surface area (Å²) in [6, 6.07) is 9.41. The third-order valence-corrected chi connectivity index (χ3v) is 2.27. The summed E-state index contributed by atoms with van der Waals surface area (Å²) in [6.45, 7) is -0.0865. The van der Waals surface area contributed by atoms with Gasteiger partial charge in [-0.2, -0.15) is 0 Å². The zero-order valence-corrected chi connectivity index (χ0v) is 8.80. The van der Waals surface area contributed by atoms with Crippen molar-refractivity contribution in [1.29, 1.82) is 0 Å². The van der Waals surface area contributed by atoms with Gasteiger partial charge in [0.1, 0.15) is 0 Å². The van der Waals surface area contributed by atoms with Crippen LogP contribution in [0.25, 0.3) is 6.08 Å². The summed E-state index contributed by atoms with van der Waals surface area (Å²) in [5, 5.41) is 21.4. The first-order valence-corrected chi connectivity index (χ1v) is 4.97. The topological polar surface area (TPSA) is 52.5 Å². The zero-order chi connectivity index (χ0) is 11.1. The molecule has 82 valence electrons. The summed E-state index contributed by atoms with van der Waals surface area (Å²) in [4.78, 5) is 0. The van der Waals surface area contributed by atoms with Gasteiger partial charge in [0.25, 0.3) is 0 Å². The van der Waals surface area contributed by atoms with Crippen molar-refractivity contribution >= 4 is 6.08 Å². The predicted molar refractivity (Wildman–Crippen MR) is 61.4 cm³/mol. The van der Waals surface area contributed by atoms with E-state index in [9.17, 15) is 5.11 Å². The molecule has 0 saturated carbocycles. The number of hydrogen-bond donors (Lipinski definition) is 3. The van der Waals surface area contributed by atoms with E-state index in [-0.39, 0.29) is 12.6 Å². The van der Waals surface area contributed by atoms with Crippen LogP contribution in [0.5, 0.6) is 0 Å². The minimum atomic E-state index is -0.680. The van der Waals surface area contributed by atoms with E-state index in [0.717, 1.165) is 5.56 Å². The van der Waals surface area contributed by atoms with Crippen molar-refractivity contribution in [2.75, 3.05) is 13.7 Å². The largest absolute Gasteiger partial charge is 0.395 e. The molecule has 0 heterocycles. The van der Waals surface area contributed by atoms with Crippen molar-refractivity contribution in [2.45, 2.75) is 12.1 Å². The van der Waals surface area contributed by atoms with Crippen LogP contribution in [-0.4, -0.2) is 36.0 Å². The first kappa shape index (κ1) is 11.9. The molecule has 0 spiro atoms. The highest BCUT2D eigenvalue weighted by molar-refractivity contribution is 5.49. The lowest BCUT2D eigenvalue weighted by Crippen LogP contribution is -2.39. The van der Waals surface area contributed by atoms with E-state index in [4.69, 9.17) is 5.11 Å². The minimum Gasteiger partial charge on any atom is -0.395 e. The van der Waals surface area contributed by atoms with E-state index in [2.05, 4.69) is 5.32 Å². The minimum absolute atomic E-state index is 0.0865. The Kier molecular flexibility index (Phi) is 5.04. The van der Waals surface area contributed by atoms with Crippen molar-refractivity contribution in [2.24, 2.45) is 0 Å². The monoisotopic (exact) mass is 207 g/mol. The summed E-state index contributed by atoms with van der Waals surface area (Å²) in [5.41, 5.74) is 1.03. The molecule has 3 heteroatoms. The van der Waals surface area contributed by atoms with Crippen LogP contribution in [0.2, 0.25) is 0 Å². The fraction of sp³-hybridized carbons (Fsp3) is 0.333. The van der Waals surface area contributed by atoms with Gasteiger partial charge in [0.05, 0.1) is 18.8 Å². The molecule has 0 amide bonds. The molecule has 1 rings (SSSR count). The van der Waals surface area contributed by atoms with Gasteiger partial charge in [-0.25, -0.2) is 0 Å². The molecular weight excluding hydrogens is 190 g/mol. The molecule has 1 aromatic carbocycles. The van der Waals surface area contributed by atoms with Crippen molar-refractivity contribution in [3.05, 3.63) is 42.0 Å². The fourth-order valence-electron chi connectivity index (χ4n) is 1.28. The van der Waals surface area contributed by atoms with Crippen molar-refractivity contribution < 1.29 is 10.2 Å². The molecule has 0 bridgehead atoms. The van der Waals surface area contributed by atoms with Crippen LogP contribution >= 0.6 is 0 Å². The average molecular weight is 207 g/mol. The normalized spacial score (nSPS) is 15.4. The molecule has 1 unspecified atom stereocenters. The highest BCUT2D eigenvalue weighted by Crippen LogP contribution is 2.03. The maximum atomic E-state index is 9.66. The van der Waals surface area contributed by atoms with Gasteiger partial charge >= 0.3 is 0 Å². The Labute approximate surface area is 90.1 Å². The number of rotatable bonds is 5. The van der Waals surface area contributed by atoms with Crippen LogP contribution in [0.1, 0.15) is 5.56 Å². The fourth-order valence-corrected chi connectivity index (χ4v) is 1.28. The molecule has 0 saturated heterocycles. The number of benzene rings is 1. The Morgan fingerprint density at radius 2 is 2.00 bits per heavy atom. The molecule has 0 aliphatic heterocycles. The first-order valence-electron chi connectivity index (χ1n) is 4.97. The van der Waals surface area contributed by atoms with Gasteiger partial charge in [-0.15, -0.1) is 0 Å². The number of aliphatic hydroxyl groups is 2. The molecule has 0 aromatic heterocycles. The molecule has 2 atom stereocenters. The van der Waals surface area contributed by atoms with E-state index in [1.807, 2.05) is 36.4 Å². The maximum absolute atomic E-state index is 9.66. The second-order valence-corrected chi connectivity index (χ2v) is 3.34. The third-order valence-electron chi connectivity index (χ3n) is 2.27. The number of likely N-dealkylation sites (N-methyl/N-ethyl adjacent to an activating group) is 1. The Morgan fingerprint density at radius 1 is 1.33 bits per heavy atom. The van der Waals surface area contributed by atoms with Crippen LogP contribution in [0, 0.1) is 0 Å². The van der Waals surface area contributed by atoms with Gasteiger partial charge in [0, 0.05) is 0 Å². The molecule has 1 aromatic rings. The SMILES string of the molecule is CNC(CO)[C@@H](O)/C=C/c1ccccc1. The van der Waals surface area contributed by atoms with E-state index in [0.29, 0.717) is 0 Å². The van der Waals surface area contributed by atoms with Crippen LogP contribution in [0.4, 0.5) is 0 Å². The number of nitrogens with one attached hydrogen (secondary N) is 1. The predicted octanol–water partition coefficient (Wildman–Crippen LogP) is 0.641. The lowest BCUT2D eigenvalue weighted by Gasteiger charge is -2.16. The third kappa shape index (κ3) is 3.83. The second-order valence-electron chi connectivity index (χ2n) is 3.34. The highest BCUT2D eigenvalue weighted by atomic mass is 16.3. The maximum Gasteiger partial charge on any atom is 0.0899 e. The molecule has 0 radical (unpaired) electrons. The molecule has 3 nitrogen and oxygen atoms in total. The van der Waals surface area contributed by atoms with Gasteiger partial charge in [-0.1, -0.05) is 42.5 Å². The summed E-state index contributed by atoms with van der Waals surface area (Å²) in [5.74, 6) is 0. The molecule has 0 aliphatic rings. The lowest BCUT2D eigenvalue weighted by molar-refractivity contribution is 0.128. The highest BCUT2D eigenvalue weighted by Gasteiger charge is 2.12. The number of hydrogen-bond acceptors (Lipinski definition) is 3. The van der Waals surface area contributed by atoms with E-state index in [1.165, 1.54) is 0 Å². The quantitative estimate of drug-likeness (QED) is 0.664. The Balaban J connectivity index is 2.57. The molecular formula is C12H17NO2. The lowest BCUT2D eigenvalue weighted by atomic mass is 10.1. The van der Waals surface area contributed by atoms with Gasteiger partial charge in [-0.3, -0.25) is 0 Å². The van der Waals surface area contributed by atoms with Crippen molar-refractivity contribution in [3.63, 3.8) is 0 Å². The van der Waals surface area contributed by atoms with Crippen molar-refractivity contribution in [1.82, 2.24) is 5.32 Å². The number of aliphatic hydroxyl groups excluding tert-OH is 2. The van der Waals surface area contributed by atoms with E-state index >= 15 is 0 Å². The van der Waals surface area contributed by atoms with Crippen molar-refractivity contribution in [3.8, 4) is 0 Å². The smallest absolute Gasteiger partial charge is 0.0899 e. The van der Waals surface area contributed by atoms with Crippen LogP contribution in [0.3, 0.4) is 0 Å². The van der Waals surface area contributed by atoms with Gasteiger partial charge in [-0.05, 0) is 12.6 Å². The Morgan fingerprint density at radius 3 is 2.53 bits per heavy atom. The van der Waals surface area contributed by atoms with Gasteiger partial charge in [0.15, 0.2) is 0 Å². The average Bonchev–Trinajstić information content (AvgIpc) is 2.29. The molecule has 0 fully saturated rings. The zero-order valence-electron chi connectivity index (χ0n) is 8.80. The van der Waals surface area contributed by atoms with E-state index < -0.39 is 6.10 Å². The van der Waals surface area contributed by atoms with E-state index in [1.54, 1.807) is 13.1 Å². The van der Waals surface area contributed by atoms with Crippen LogP contribution < -0.4 is 5.32 Å². The standard InChI is InChI=1S/C12H17NO2/c1-13-11(9-14)12(15)8-7-10-5-3-2-4-6-10/h2-8,11-15H,9H2,1H3/b8-7+/t11?,12-/m0/s1. The van der Waals surface area contributed by atoms with Crippen LogP contribution in [-0.2, 0) is 0 Å². The summed E-state index contributed by atoms with van der Waals surface area (Å²) >= 11 is 0. The van der Waals surface area contributed by atoms with Gasteiger partial charge in [0.2, 0.25) is 0 Å². The molecule has 15 heavy (non-hydrogen) atoms. The van der Waals surface area contributed by atoms with Gasteiger partial charge < -0.3 is 15.5 Å². The first-order chi connectivity index (χ1) is 7.27. The molecule has 3 N–H and O–H groups in total. The summed E-state index contributed by atoms with van der Waals surface area (Å²) in [6.07, 6.45) is 2.83. The van der Waals surface area contributed by atoms with Crippen LogP contribution in [0.15, 0.2) is 36.4 Å².